The molecule has 3 aliphatic rings. The van der Waals surface area contributed by atoms with Crippen LogP contribution in [0.3, 0.4) is 0 Å². The van der Waals surface area contributed by atoms with E-state index in [0.717, 1.165) is 44.5 Å². The molecule has 162 valence electrons. The van der Waals surface area contributed by atoms with Crippen LogP contribution in [-0.4, -0.2) is 72.5 Å². The summed E-state index contributed by atoms with van der Waals surface area (Å²) in [5.74, 6) is 1.13. The zero-order valence-corrected chi connectivity index (χ0v) is 20.1. The van der Waals surface area contributed by atoms with Crippen molar-refractivity contribution in [1.82, 2.24) is 20.4 Å². The average molecular weight is 505 g/mol. The molecule has 0 radical (unpaired) electrons. The SMILES string of the molecule is CCNC(=NCCC(=O)N1CCCCC1C)NC1CCN(C2CCCC2)C1.I. The summed E-state index contributed by atoms with van der Waals surface area (Å²) in [4.78, 5) is 21.9. The van der Waals surface area contributed by atoms with E-state index in [-0.39, 0.29) is 29.9 Å². The Labute approximate surface area is 188 Å². The van der Waals surface area contributed by atoms with Crippen LogP contribution in [0.4, 0.5) is 0 Å². The van der Waals surface area contributed by atoms with Gasteiger partial charge in [0, 0.05) is 50.7 Å². The molecule has 0 aromatic carbocycles. The van der Waals surface area contributed by atoms with Crippen molar-refractivity contribution in [3.8, 4) is 0 Å². The molecule has 7 heteroatoms. The quantitative estimate of drug-likeness (QED) is 0.331. The molecule has 28 heavy (non-hydrogen) atoms. The van der Waals surface area contributed by atoms with Crippen molar-refractivity contribution in [2.24, 2.45) is 4.99 Å². The van der Waals surface area contributed by atoms with Crippen LogP contribution in [0.1, 0.15) is 71.6 Å². The number of hydrogen-bond acceptors (Lipinski definition) is 3. The first-order valence-electron chi connectivity index (χ1n) is 11.3. The minimum atomic E-state index is 0. The Morgan fingerprint density at radius 3 is 2.54 bits per heavy atom. The summed E-state index contributed by atoms with van der Waals surface area (Å²) >= 11 is 0. The first kappa shape index (κ1) is 23.7. The van der Waals surface area contributed by atoms with Crippen LogP contribution in [0, 0.1) is 0 Å². The summed E-state index contributed by atoms with van der Waals surface area (Å²) in [6, 6.07) is 1.67. The fourth-order valence-corrected chi connectivity index (χ4v) is 4.90. The number of nitrogens with one attached hydrogen (secondary N) is 2. The Balaban J connectivity index is 0.00000280. The van der Waals surface area contributed by atoms with Crippen LogP contribution < -0.4 is 10.6 Å². The first-order valence-corrected chi connectivity index (χ1v) is 11.3. The number of carbonyl (C=O) groups is 1. The van der Waals surface area contributed by atoms with Gasteiger partial charge in [-0.1, -0.05) is 12.8 Å². The minimum absolute atomic E-state index is 0. The molecule has 2 saturated heterocycles. The molecule has 3 rings (SSSR count). The molecule has 6 nitrogen and oxygen atoms in total. The Hall–Kier alpha value is -0.570. The molecule has 1 saturated carbocycles. The molecule has 0 spiro atoms. The Kier molecular flexibility index (Phi) is 10.3. The van der Waals surface area contributed by atoms with Crippen LogP contribution in [0.25, 0.3) is 0 Å². The monoisotopic (exact) mass is 505 g/mol. The van der Waals surface area contributed by atoms with Crippen LogP contribution in [-0.2, 0) is 4.79 Å². The smallest absolute Gasteiger partial charge is 0.224 e. The van der Waals surface area contributed by atoms with Gasteiger partial charge < -0.3 is 15.5 Å². The third-order valence-corrected chi connectivity index (χ3v) is 6.46. The highest BCUT2D eigenvalue weighted by molar-refractivity contribution is 14.0. The third-order valence-electron chi connectivity index (χ3n) is 6.46. The van der Waals surface area contributed by atoms with E-state index >= 15 is 0 Å². The van der Waals surface area contributed by atoms with E-state index in [9.17, 15) is 4.79 Å². The standard InChI is InChI=1S/C21H39N5O.HI/c1-3-22-21(23-13-11-20(27)26-14-7-6-8-17(26)2)24-18-12-15-25(16-18)19-9-4-5-10-19;/h17-19H,3-16H2,1-2H3,(H2,22,23,24);1H. The normalized spacial score (nSPS) is 26.9. The lowest BCUT2D eigenvalue weighted by Gasteiger charge is -2.33. The number of rotatable bonds is 6. The molecule has 2 heterocycles. The van der Waals surface area contributed by atoms with Crippen molar-refractivity contribution in [3.05, 3.63) is 0 Å². The van der Waals surface area contributed by atoms with E-state index in [4.69, 9.17) is 0 Å². The molecule has 0 bridgehead atoms. The van der Waals surface area contributed by atoms with Gasteiger partial charge in [-0.15, -0.1) is 24.0 Å². The molecule has 0 aromatic heterocycles. The summed E-state index contributed by atoms with van der Waals surface area (Å²) < 4.78 is 0. The van der Waals surface area contributed by atoms with Gasteiger partial charge in [-0.05, 0) is 52.4 Å². The molecule has 2 aliphatic heterocycles. The second-order valence-electron chi connectivity index (χ2n) is 8.51. The summed E-state index contributed by atoms with van der Waals surface area (Å²) in [6.07, 6.45) is 10.8. The number of carbonyl (C=O) groups excluding carboxylic acids is 1. The highest BCUT2D eigenvalue weighted by atomic mass is 127. The number of likely N-dealkylation sites (tertiary alicyclic amines) is 2. The maximum atomic E-state index is 12.5. The van der Waals surface area contributed by atoms with Gasteiger partial charge in [0.2, 0.25) is 5.91 Å². The van der Waals surface area contributed by atoms with Crippen molar-refractivity contribution in [3.63, 3.8) is 0 Å². The molecular formula is C21H40IN5O. The van der Waals surface area contributed by atoms with Gasteiger partial charge in [0.1, 0.15) is 0 Å². The van der Waals surface area contributed by atoms with E-state index in [0.29, 0.717) is 25.0 Å². The number of halogens is 1. The highest BCUT2D eigenvalue weighted by Gasteiger charge is 2.30. The molecule has 1 amide bonds. The van der Waals surface area contributed by atoms with Gasteiger partial charge in [0.25, 0.3) is 0 Å². The maximum Gasteiger partial charge on any atom is 0.224 e. The van der Waals surface area contributed by atoms with Crippen molar-refractivity contribution in [2.75, 3.05) is 32.7 Å². The Morgan fingerprint density at radius 2 is 1.82 bits per heavy atom. The number of nitrogens with zero attached hydrogens (tertiary/aromatic N) is 3. The fraction of sp³-hybridized carbons (Fsp3) is 0.905. The Bertz CT molecular complexity index is 509. The van der Waals surface area contributed by atoms with E-state index in [1.165, 1.54) is 45.1 Å². The van der Waals surface area contributed by atoms with Gasteiger partial charge >= 0.3 is 0 Å². The summed E-state index contributed by atoms with van der Waals surface area (Å²) in [5, 5.41) is 6.96. The minimum Gasteiger partial charge on any atom is -0.357 e. The van der Waals surface area contributed by atoms with Crippen molar-refractivity contribution in [1.29, 1.82) is 0 Å². The van der Waals surface area contributed by atoms with Crippen LogP contribution >= 0.6 is 24.0 Å². The number of piperidine rings is 1. The second-order valence-corrected chi connectivity index (χ2v) is 8.51. The van der Waals surface area contributed by atoms with Gasteiger partial charge in [0.15, 0.2) is 5.96 Å². The summed E-state index contributed by atoms with van der Waals surface area (Å²) in [5.41, 5.74) is 0. The Morgan fingerprint density at radius 1 is 1.07 bits per heavy atom. The molecule has 0 aromatic rings. The van der Waals surface area contributed by atoms with E-state index in [2.05, 4.69) is 39.3 Å². The van der Waals surface area contributed by atoms with Gasteiger partial charge in [0.05, 0.1) is 6.54 Å². The van der Waals surface area contributed by atoms with E-state index in [1.807, 2.05) is 0 Å². The number of guanidine groups is 1. The third kappa shape index (κ3) is 6.75. The lowest BCUT2D eigenvalue weighted by atomic mass is 10.0. The second kappa shape index (κ2) is 12.2. The lowest BCUT2D eigenvalue weighted by Crippen LogP contribution is -2.45. The van der Waals surface area contributed by atoms with Crippen LogP contribution in [0.2, 0.25) is 0 Å². The van der Waals surface area contributed by atoms with E-state index < -0.39 is 0 Å². The highest BCUT2D eigenvalue weighted by Crippen LogP contribution is 2.26. The number of hydrogen-bond donors (Lipinski definition) is 2. The van der Waals surface area contributed by atoms with Crippen molar-refractivity contribution in [2.45, 2.75) is 89.8 Å². The molecule has 2 unspecified atom stereocenters. The largest absolute Gasteiger partial charge is 0.357 e. The van der Waals surface area contributed by atoms with Gasteiger partial charge in [-0.25, -0.2) is 0 Å². The molecule has 2 N–H and O–H groups in total. The zero-order chi connectivity index (χ0) is 19.1. The number of amides is 1. The summed E-state index contributed by atoms with van der Waals surface area (Å²) in [6.45, 7) is 8.92. The summed E-state index contributed by atoms with van der Waals surface area (Å²) in [7, 11) is 0. The average Bonchev–Trinajstić information content (AvgIpc) is 3.33. The van der Waals surface area contributed by atoms with Crippen molar-refractivity contribution >= 4 is 35.8 Å². The van der Waals surface area contributed by atoms with E-state index in [1.54, 1.807) is 0 Å². The fourth-order valence-electron chi connectivity index (χ4n) is 4.90. The van der Waals surface area contributed by atoms with Crippen LogP contribution in [0.5, 0.6) is 0 Å². The topological polar surface area (TPSA) is 60.0 Å². The molecular weight excluding hydrogens is 465 g/mol. The van der Waals surface area contributed by atoms with Gasteiger partial charge in [-0.3, -0.25) is 14.7 Å². The van der Waals surface area contributed by atoms with Crippen LogP contribution in [0.15, 0.2) is 4.99 Å². The predicted molar refractivity (Wildman–Crippen MR) is 126 cm³/mol. The zero-order valence-electron chi connectivity index (χ0n) is 17.8. The maximum absolute atomic E-state index is 12.5. The molecule has 1 aliphatic carbocycles. The van der Waals surface area contributed by atoms with Gasteiger partial charge in [-0.2, -0.15) is 0 Å². The van der Waals surface area contributed by atoms with Crippen molar-refractivity contribution < 1.29 is 4.79 Å². The number of aliphatic imine (C=N–C) groups is 1. The lowest BCUT2D eigenvalue weighted by molar-refractivity contribution is -0.134. The molecule has 3 fully saturated rings. The molecule has 2 atom stereocenters. The predicted octanol–water partition coefficient (Wildman–Crippen LogP) is 2.97. The first-order chi connectivity index (χ1) is 13.2.